The Kier molecular flexibility index (Phi) is 11.2. The van der Waals surface area contributed by atoms with Crippen molar-refractivity contribution in [2.24, 2.45) is 5.92 Å². The van der Waals surface area contributed by atoms with Crippen LogP contribution in [0.15, 0.2) is 0 Å². The van der Waals surface area contributed by atoms with Crippen molar-refractivity contribution in [1.82, 2.24) is 5.32 Å². The second-order valence-corrected chi connectivity index (χ2v) is 7.54. The van der Waals surface area contributed by atoms with Crippen LogP contribution in [0.2, 0.25) is 0 Å². The Balaban J connectivity index is 3.77. The number of aliphatic hydroxyl groups is 1. The third-order valence-electron chi connectivity index (χ3n) is 2.31. The largest absolute Gasteiger partial charge is 0.396 e. The molecule has 0 fully saturated rings. The summed E-state index contributed by atoms with van der Waals surface area (Å²) in [4.78, 5) is 20.2. The average Bonchev–Trinajstić information content (AvgIpc) is 2.32. The number of unbranched alkanes of at least 4 members (excludes halogenated alkanes) is 1. The maximum absolute atomic E-state index is 10.6. The fourth-order valence-corrected chi connectivity index (χ4v) is 3.42. The maximum atomic E-state index is 10.6. The van der Waals surface area contributed by atoms with Gasteiger partial charge in [0.25, 0.3) is 0 Å². The number of hydrogen-bond donors (Lipinski definition) is 3. The van der Waals surface area contributed by atoms with Crippen molar-refractivity contribution in [2.45, 2.75) is 26.2 Å². The van der Waals surface area contributed by atoms with Crippen molar-refractivity contribution >= 4 is 36.5 Å². The minimum absolute atomic E-state index is 0.0330. The van der Waals surface area contributed by atoms with Crippen molar-refractivity contribution in [3.8, 4) is 0 Å². The van der Waals surface area contributed by atoms with Crippen LogP contribution in [-0.4, -0.2) is 41.9 Å². The van der Waals surface area contributed by atoms with Crippen LogP contribution in [0.3, 0.4) is 0 Å². The molecule has 0 aliphatic carbocycles. The third kappa shape index (κ3) is 11.8. The zero-order valence-corrected chi connectivity index (χ0v) is 13.7. The molecule has 0 saturated carbocycles. The lowest BCUT2D eigenvalue weighted by Crippen LogP contribution is -2.21. The maximum Gasteiger partial charge on any atom is 0.335 e. The van der Waals surface area contributed by atoms with E-state index < -0.39 is 6.72 Å². The van der Waals surface area contributed by atoms with Gasteiger partial charge in [0.2, 0.25) is 5.91 Å². The van der Waals surface area contributed by atoms with Crippen LogP contribution in [0.1, 0.15) is 26.2 Å². The second kappa shape index (κ2) is 11.0. The van der Waals surface area contributed by atoms with Gasteiger partial charge in [0.05, 0.1) is 6.61 Å². The van der Waals surface area contributed by atoms with Crippen LogP contribution in [0.5, 0.6) is 0 Å². The fourth-order valence-electron chi connectivity index (χ4n) is 1.37. The fraction of sp³-hybridized carbons (Fsp3) is 0.900. The first-order chi connectivity index (χ1) is 8.91. The number of aliphatic hydroxyl groups excluding tert-OH is 1. The van der Waals surface area contributed by atoms with E-state index in [0.29, 0.717) is 6.54 Å². The Hall–Kier alpha value is 0.310. The first-order valence-electron chi connectivity index (χ1n) is 5.96. The van der Waals surface area contributed by atoms with Crippen LogP contribution < -0.4 is 5.32 Å². The molecular formula is C10H22NO5PS2. The molecule has 2 atom stereocenters. The van der Waals surface area contributed by atoms with Gasteiger partial charge < -0.3 is 19.8 Å². The van der Waals surface area contributed by atoms with Gasteiger partial charge in [-0.1, -0.05) is 6.42 Å². The van der Waals surface area contributed by atoms with Crippen molar-refractivity contribution < 1.29 is 23.3 Å². The molecule has 0 aromatic rings. The second-order valence-electron chi connectivity index (χ2n) is 4.03. The van der Waals surface area contributed by atoms with E-state index in [1.165, 1.54) is 6.92 Å². The molecule has 0 aromatic heterocycles. The van der Waals surface area contributed by atoms with Crippen molar-refractivity contribution in [3.05, 3.63) is 0 Å². The van der Waals surface area contributed by atoms with Crippen molar-refractivity contribution in [1.29, 1.82) is 0 Å². The highest BCUT2D eigenvalue weighted by molar-refractivity contribution is 8.12. The number of carbonyl (C=O) groups excluding carboxylic acids is 1. The average molecular weight is 331 g/mol. The highest BCUT2D eigenvalue weighted by Crippen LogP contribution is 2.47. The molecule has 114 valence electrons. The summed E-state index contributed by atoms with van der Waals surface area (Å²) in [5, 5.41) is 11.9. The Labute approximate surface area is 123 Å². The van der Waals surface area contributed by atoms with Gasteiger partial charge in [-0.15, -0.1) is 0 Å². The van der Waals surface area contributed by atoms with E-state index in [-0.39, 0.29) is 25.0 Å². The van der Waals surface area contributed by atoms with Gasteiger partial charge in [0.1, 0.15) is 0 Å². The summed E-state index contributed by atoms with van der Waals surface area (Å²) in [5.74, 6) is -0.130. The van der Waals surface area contributed by atoms with E-state index in [0.717, 1.165) is 31.3 Å². The summed E-state index contributed by atoms with van der Waals surface area (Å²) >= 11 is 5.73. The molecule has 0 aliphatic heterocycles. The van der Waals surface area contributed by atoms with Crippen LogP contribution in [0.25, 0.3) is 0 Å². The lowest BCUT2D eigenvalue weighted by molar-refractivity contribution is -0.118. The molecule has 0 bridgehead atoms. The number of carbonyl (C=O) groups is 1. The number of amides is 1. The Morgan fingerprint density at radius 2 is 2.21 bits per heavy atom. The molecule has 0 radical (unpaired) electrons. The lowest BCUT2D eigenvalue weighted by atomic mass is 10.0. The third-order valence-corrected chi connectivity index (χ3v) is 5.00. The molecule has 19 heavy (non-hydrogen) atoms. The van der Waals surface area contributed by atoms with Crippen LogP contribution >= 0.6 is 18.8 Å². The highest BCUT2D eigenvalue weighted by atomic mass is 32.5. The Morgan fingerprint density at radius 3 is 2.74 bits per heavy atom. The predicted molar refractivity (Wildman–Crippen MR) is 80.2 cm³/mol. The molecule has 0 saturated heterocycles. The van der Waals surface area contributed by atoms with Gasteiger partial charge in [-0.25, -0.2) is 3.97 Å². The number of rotatable bonds is 11. The molecule has 1 amide bonds. The molecule has 3 N–H and O–H groups in total. The molecular weight excluding hydrogens is 309 g/mol. The summed E-state index contributed by atoms with van der Waals surface area (Å²) in [5.41, 5.74) is 0. The minimum atomic E-state index is -3.19. The van der Waals surface area contributed by atoms with Crippen molar-refractivity contribution in [2.75, 3.05) is 26.0 Å². The SMILES string of the molecule is CSOP(O)(=S)OCC(CO)CCCCNC(C)=O. The summed E-state index contributed by atoms with van der Waals surface area (Å²) in [6.07, 6.45) is 4.08. The van der Waals surface area contributed by atoms with E-state index in [4.69, 9.17) is 20.3 Å². The quantitative estimate of drug-likeness (QED) is 0.300. The molecule has 0 aromatic carbocycles. The zero-order valence-electron chi connectivity index (χ0n) is 11.2. The van der Waals surface area contributed by atoms with E-state index in [1.54, 1.807) is 6.26 Å². The first-order valence-corrected chi connectivity index (χ1v) is 9.70. The molecule has 9 heteroatoms. The van der Waals surface area contributed by atoms with Crippen molar-refractivity contribution in [3.63, 3.8) is 0 Å². The van der Waals surface area contributed by atoms with E-state index >= 15 is 0 Å². The van der Waals surface area contributed by atoms with Gasteiger partial charge in [-0.05, 0) is 36.7 Å². The number of nitrogens with one attached hydrogen (secondary N) is 1. The lowest BCUT2D eigenvalue weighted by Gasteiger charge is -2.18. The topological polar surface area (TPSA) is 88.0 Å². The van der Waals surface area contributed by atoms with Gasteiger partial charge in [0.15, 0.2) is 0 Å². The Morgan fingerprint density at radius 1 is 1.53 bits per heavy atom. The van der Waals surface area contributed by atoms with Crippen LogP contribution in [-0.2, 0) is 25.1 Å². The summed E-state index contributed by atoms with van der Waals surface area (Å²) < 4.78 is 9.97. The molecule has 2 unspecified atom stereocenters. The molecule has 0 spiro atoms. The summed E-state index contributed by atoms with van der Waals surface area (Å²) in [6, 6.07) is 0. The minimum Gasteiger partial charge on any atom is -0.396 e. The number of hydrogen-bond acceptors (Lipinski definition) is 6. The van der Waals surface area contributed by atoms with Gasteiger partial charge >= 0.3 is 6.72 Å². The Bertz CT molecular complexity index is 306. The normalized spacial score (nSPS) is 15.8. The van der Waals surface area contributed by atoms with Gasteiger partial charge in [-0.3, -0.25) is 4.79 Å². The van der Waals surface area contributed by atoms with Crippen LogP contribution in [0, 0.1) is 5.92 Å². The van der Waals surface area contributed by atoms with Crippen LogP contribution in [0.4, 0.5) is 0 Å². The predicted octanol–water partition coefficient (Wildman–Crippen LogP) is 1.43. The molecule has 6 nitrogen and oxygen atoms in total. The first kappa shape index (κ1) is 19.3. The zero-order chi connectivity index (χ0) is 14.7. The van der Waals surface area contributed by atoms with E-state index in [2.05, 4.69) is 5.32 Å². The molecule has 0 aliphatic rings. The van der Waals surface area contributed by atoms with Gasteiger partial charge in [0, 0.05) is 32.2 Å². The monoisotopic (exact) mass is 331 g/mol. The summed E-state index contributed by atoms with van der Waals surface area (Å²) in [7, 11) is 0. The standard InChI is InChI=1S/C10H22NO5PS2/c1-9(13)11-6-4-3-5-10(7-12)8-15-17(14,18)16-19-2/h10,12H,3-8H2,1-2H3,(H,11,13)(H,14,18). The van der Waals surface area contributed by atoms with Gasteiger partial charge in [-0.2, -0.15) is 0 Å². The summed E-state index contributed by atoms with van der Waals surface area (Å²) in [6.45, 7) is -0.947. The smallest absolute Gasteiger partial charge is 0.335 e. The molecule has 0 heterocycles. The van der Waals surface area contributed by atoms with E-state index in [9.17, 15) is 14.8 Å². The highest BCUT2D eigenvalue weighted by Gasteiger charge is 2.18. The molecule has 0 rings (SSSR count). The van der Waals surface area contributed by atoms with E-state index in [1.807, 2.05) is 0 Å².